The highest BCUT2D eigenvalue weighted by molar-refractivity contribution is 5.65. The molecule has 0 aliphatic heterocycles. The number of halogens is 2. The first-order chi connectivity index (χ1) is 14.0. The second-order valence-corrected chi connectivity index (χ2v) is 8.27. The van der Waals surface area contributed by atoms with Crippen LogP contribution in [0.25, 0.3) is 11.1 Å². The van der Waals surface area contributed by atoms with Gasteiger partial charge in [0.05, 0.1) is 5.41 Å². The molecule has 2 aromatic carbocycles. The van der Waals surface area contributed by atoms with Gasteiger partial charge in [-0.25, -0.2) is 8.78 Å². The molecule has 0 bridgehead atoms. The quantitative estimate of drug-likeness (QED) is 0.348. The molecule has 1 fully saturated rings. The van der Waals surface area contributed by atoms with E-state index in [1.54, 1.807) is 0 Å². The summed E-state index contributed by atoms with van der Waals surface area (Å²) in [5, 5.41) is 0. The van der Waals surface area contributed by atoms with Crippen molar-refractivity contribution >= 4 is 0 Å². The van der Waals surface area contributed by atoms with Crippen molar-refractivity contribution in [2.75, 3.05) is 0 Å². The van der Waals surface area contributed by atoms with Gasteiger partial charge in [-0.15, -0.1) is 13.0 Å². The second kappa shape index (κ2) is 8.95. The lowest BCUT2D eigenvalue weighted by atomic mass is 9.66. The normalized spacial score (nSPS) is 22.7. The Morgan fingerprint density at radius 3 is 2.14 bits per heavy atom. The highest BCUT2D eigenvalue weighted by atomic mass is 19.1. The van der Waals surface area contributed by atoms with Crippen LogP contribution in [0.4, 0.5) is 8.78 Å². The van der Waals surface area contributed by atoms with E-state index in [4.69, 9.17) is 6.42 Å². The molecule has 0 spiro atoms. The van der Waals surface area contributed by atoms with E-state index in [1.165, 1.54) is 12.1 Å². The molecular weight excluding hydrogens is 362 g/mol. The molecule has 1 saturated carbocycles. The lowest BCUT2D eigenvalue weighted by molar-refractivity contribution is 0.264. The fraction of sp³-hybridized carbons (Fsp3) is 0.407. The maximum atomic E-state index is 15.2. The summed E-state index contributed by atoms with van der Waals surface area (Å²) in [6, 6.07) is 10.7. The minimum absolute atomic E-state index is 0.0765. The van der Waals surface area contributed by atoms with E-state index in [0.29, 0.717) is 24.3 Å². The molecule has 1 aliphatic rings. The van der Waals surface area contributed by atoms with Crippen molar-refractivity contribution < 1.29 is 8.78 Å². The average Bonchev–Trinajstić information content (AvgIpc) is 2.75. The van der Waals surface area contributed by atoms with Gasteiger partial charge in [-0.3, -0.25) is 0 Å². The van der Waals surface area contributed by atoms with Crippen LogP contribution < -0.4 is 0 Å². The van der Waals surface area contributed by atoms with Gasteiger partial charge < -0.3 is 0 Å². The largest absolute Gasteiger partial charge is 0.207 e. The van der Waals surface area contributed by atoms with Crippen LogP contribution in [0.15, 0.2) is 49.1 Å². The van der Waals surface area contributed by atoms with E-state index in [2.05, 4.69) is 26.3 Å². The van der Waals surface area contributed by atoms with Gasteiger partial charge in [0.25, 0.3) is 0 Å². The maximum absolute atomic E-state index is 15.2. The van der Waals surface area contributed by atoms with E-state index in [9.17, 15) is 0 Å². The molecule has 1 unspecified atom stereocenters. The van der Waals surface area contributed by atoms with Gasteiger partial charge in [0.2, 0.25) is 0 Å². The van der Waals surface area contributed by atoms with E-state index in [0.717, 1.165) is 36.8 Å². The predicted molar refractivity (Wildman–Crippen MR) is 118 cm³/mol. The fourth-order valence-electron chi connectivity index (χ4n) is 4.70. The molecule has 3 rings (SSSR count). The Kier molecular flexibility index (Phi) is 6.58. The lowest BCUT2D eigenvalue weighted by Gasteiger charge is -2.37. The number of hydrogen-bond donors (Lipinski definition) is 0. The van der Waals surface area contributed by atoms with E-state index < -0.39 is 17.0 Å². The molecule has 0 N–H and O–H groups in total. The third-order valence-corrected chi connectivity index (χ3v) is 6.73. The molecule has 0 heterocycles. The van der Waals surface area contributed by atoms with Gasteiger partial charge in [0.1, 0.15) is 11.6 Å². The topological polar surface area (TPSA) is 0 Å². The molecule has 0 nitrogen and oxygen atoms in total. The molecule has 0 saturated heterocycles. The van der Waals surface area contributed by atoms with Gasteiger partial charge in [-0.05, 0) is 66.8 Å². The molecule has 2 heteroatoms. The minimum atomic E-state index is -0.833. The highest BCUT2D eigenvalue weighted by Crippen LogP contribution is 2.44. The fourth-order valence-corrected chi connectivity index (χ4v) is 4.70. The Labute approximate surface area is 174 Å². The molecule has 0 radical (unpaired) electrons. The molecule has 0 aromatic heterocycles. The van der Waals surface area contributed by atoms with Gasteiger partial charge in [-0.2, -0.15) is 0 Å². The summed E-state index contributed by atoms with van der Waals surface area (Å²) in [6.07, 6.45) is 12.9. The zero-order valence-electron chi connectivity index (χ0n) is 17.5. The summed E-state index contributed by atoms with van der Waals surface area (Å²) in [4.78, 5) is 0. The Balaban J connectivity index is 1.94. The van der Waals surface area contributed by atoms with Gasteiger partial charge in [-0.1, -0.05) is 56.5 Å². The van der Waals surface area contributed by atoms with Crippen LogP contribution in [0, 0.1) is 29.9 Å². The van der Waals surface area contributed by atoms with Crippen LogP contribution in [0.2, 0.25) is 0 Å². The maximum Gasteiger partial charge on any atom is 0.131 e. The molecule has 29 heavy (non-hydrogen) atoms. The number of terminal acetylenes is 1. The Hall–Kier alpha value is -2.40. The number of benzene rings is 2. The van der Waals surface area contributed by atoms with Crippen LogP contribution >= 0.6 is 0 Å². The summed E-state index contributed by atoms with van der Waals surface area (Å²) < 4.78 is 30.3. The zero-order chi connectivity index (χ0) is 21.0. The van der Waals surface area contributed by atoms with Gasteiger partial charge in [0, 0.05) is 11.5 Å². The molecule has 2 aromatic rings. The smallest absolute Gasteiger partial charge is 0.131 e. The van der Waals surface area contributed by atoms with Crippen LogP contribution in [-0.2, 0) is 5.41 Å². The van der Waals surface area contributed by atoms with Crippen LogP contribution in [0.1, 0.15) is 69.4 Å². The minimum Gasteiger partial charge on any atom is -0.207 e. The Bertz CT molecular complexity index is 870. The first-order valence-corrected chi connectivity index (χ1v) is 10.7. The van der Waals surface area contributed by atoms with Crippen molar-refractivity contribution in [3.8, 4) is 23.5 Å². The van der Waals surface area contributed by atoms with Crippen LogP contribution in [-0.4, -0.2) is 0 Å². The first-order valence-electron chi connectivity index (χ1n) is 10.7. The van der Waals surface area contributed by atoms with Crippen molar-refractivity contribution in [3.63, 3.8) is 0 Å². The predicted octanol–water partition coefficient (Wildman–Crippen LogP) is 7.78. The van der Waals surface area contributed by atoms with E-state index in [1.807, 2.05) is 30.3 Å². The second-order valence-electron chi connectivity index (χ2n) is 8.27. The van der Waals surface area contributed by atoms with E-state index in [-0.39, 0.29) is 11.5 Å². The molecular formula is C27H30F2. The van der Waals surface area contributed by atoms with Crippen molar-refractivity contribution in [2.45, 2.75) is 63.7 Å². The average molecular weight is 393 g/mol. The summed E-state index contributed by atoms with van der Waals surface area (Å²) >= 11 is 0. The lowest BCUT2D eigenvalue weighted by Crippen LogP contribution is -2.32. The van der Waals surface area contributed by atoms with Crippen LogP contribution in [0.5, 0.6) is 0 Å². The van der Waals surface area contributed by atoms with Gasteiger partial charge >= 0.3 is 0 Å². The third-order valence-electron chi connectivity index (χ3n) is 6.73. The van der Waals surface area contributed by atoms with Crippen LogP contribution in [0.3, 0.4) is 0 Å². The highest BCUT2D eigenvalue weighted by Gasteiger charge is 2.39. The summed E-state index contributed by atoms with van der Waals surface area (Å²) in [5.74, 6) is 2.58. The van der Waals surface area contributed by atoms with Crippen molar-refractivity contribution in [2.24, 2.45) is 5.92 Å². The molecule has 1 aliphatic carbocycles. The molecule has 1 atom stereocenters. The summed E-state index contributed by atoms with van der Waals surface area (Å²) in [6.45, 7) is 8.14. The standard InChI is InChI=1S/C27H30F2/c1-5-19-13-15-27(8-4,16-14-19)26-24(28)17-23(18-25(26)29)22-11-9-21(10-12-22)20(6-2)7-3/h4,6,9-12,17-20H,2,5,7,13-16H2,1,3H3/t19-,20?,27+. The molecule has 0 amide bonds. The zero-order valence-corrected chi connectivity index (χ0v) is 17.5. The number of rotatable bonds is 6. The van der Waals surface area contributed by atoms with Crippen molar-refractivity contribution in [3.05, 3.63) is 71.8 Å². The van der Waals surface area contributed by atoms with E-state index >= 15 is 8.78 Å². The first kappa shape index (κ1) is 21.3. The summed E-state index contributed by atoms with van der Waals surface area (Å²) in [7, 11) is 0. The SMILES string of the molecule is C#C[C@]1(c2c(F)cc(-c3ccc(C(C=C)CC)cc3)cc2F)CC[C@@H](CC)CC1. The van der Waals surface area contributed by atoms with Gasteiger partial charge in [0.15, 0.2) is 0 Å². The van der Waals surface area contributed by atoms with Crippen molar-refractivity contribution in [1.29, 1.82) is 0 Å². The number of allylic oxidation sites excluding steroid dienone is 1. The monoisotopic (exact) mass is 392 g/mol. The molecule has 152 valence electrons. The third kappa shape index (κ3) is 4.15. The van der Waals surface area contributed by atoms with Crippen molar-refractivity contribution in [1.82, 2.24) is 0 Å². The Morgan fingerprint density at radius 2 is 1.69 bits per heavy atom. The Morgan fingerprint density at radius 1 is 1.10 bits per heavy atom. The summed E-state index contributed by atoms with van der Waals surface area (Å²) in [5.41, 5.74) is 1.73. The number of hydrogen-bond acceptors (Lipinski definition) is 0.